The molecule has 1 heterocycles. The van der Waals surface area contributed by atoms with Gasteiger partial charge < -0.3 is 9.47 Å². The van der Waals surface area contributed by atoms with E-state index in [2.05, 4.69) is 0 Å². The maximum atomic E-state index is 12.9. The van der Waals surface area contributed by atoms with E-state index in [4.69, 9.17) is 0 Å². The molecule has 1 amide bonds. The molecule has 0 fully saturated rings. The Labute approximate surface area is 141 Å². The van der Waals surface area contributed by atoms with Gasteiger partial charge in [-0.05, 0) is 54.4 Å². The van der Waals surface area contributed by atoms with Gasteiger partial charge in [-0.3, -0.25) is 4.79 Å². The van der Waals surface area contributed by atoms with E-state index < -0.39 is 0 Å². The van der Waals surface area contributed by atoms with Crippen molar-refractivity contribution in [2.45, 2.75) is 6.42 Å². The molecule has 3 nitrogen and oxygen atoms in total. The van der Waals surface area contributed by atoms with Crippen LogP contribution in [0.15, 0.2) is 73.1 Å². The number of aromatic nitrogens is 1. The molecule has 24 heavy (non-hydrogen) atoms. The largest absolute Gasteiger partial charge is 0.341 e. The third-order valence-electron chi connectivity index (χ3n) is 3.99. The number of benzene rings is 2. The molecule has 0 spiro atoms. The van der Waals surface area contributed by atoms with Crippen LogP contribution in [0.2, 0.25) is 0 Å². The van der Waals surface area contributed by atoms with E-state index in [0.29, 0.717) is 18.5 Å². The van der Waals surface area contributed by atoms with Gasteiger partial charge in [-0.15, -0.1) is 0 Å². The molecule has 0 N–H and O–H groups in total. The van der Waals surface area contributed by atoms with Gasteiger partial charge in [0.05, 0.1) is 0 Å². The van der Waals surface area contributed by atoms with Gasteiger partial charge in [0.2, 0.25) is 0 Å². The zero-order valence-corrected chi connectivity index (χ0v) is 13.5. The van der Waals surface area contributed by atoms with Crippen molar-refractivity contribution in [1.82, 2.24) is 9.47 Å². The minimum atomic E-state index is -0.245. The number of carbonyl (C=O) groups excluding carboxylic acids is 1. The minimum Gasteiger partial charge on any atom is -0.341 e. The van der Waals surface area contributed by atoms with Crippen molar-refractivity contribution in [3.8, 4) is 5.69 Å². The van der Waals surface area contributed by atoms with E-state index in [1.807, 2.05) is 53.4 Å². The molecule has 1 aromatic heterocycles. The van der Waals surface area contributed by atoms with Crippen LogP contribution in [0.1, 0.15) is 15.9 Å². The lowest BCUT2D eigenvalue weighted by Crippen LogP contribution is -2.28. The summed E-state index contributed by atoms with van der Waals surface area (Å²) in [5.41, 5.74) is 2.62. The summed E-state index contributed by atoms with van der Waals surface area (Å²) in [4.78, 5) is 14.3. The molecular weight excluding hydrogens is 303 g/mol. The number of hydrogen-bond acceptors (Lipinski definition) is 1. The van der Waals surface area contributed by atoms with Crippen molar-refractivity contribution in [2.24, 2.45) is 0 Å². The Morgan fingerprint density at radius 3 is 2.46 bits per heavy atom. The SMILES string of the molecule is CN(CCc1ccc(F)cc1)C(=O)c1cccc(-n2cccc2)c1. The summed E-state index contributed by atoms with van der Waals surface area (Å²) in [6, 6.07) is 17.8. The van der Waals surface area contributed by atoms with Crippen molar-refractivity contribution in [1.29, 1.82) is 0 Å². The van der Waals surface area contributed by atoms with Crippen LogP contribution in [-0.2, 0) is 6.42 Å². The number of rotatable bonds is 5. The summed E-state index contributed by atoms with van der Waals surface area (Å²) in [5.74, 6) is -0.267. The van der Waals surface area contributed by atoms with E-state index in [-0.39, 0.29) is 11.7 Å². The van der Waals surface area contributed by atoms with Crippen molar-refractivity contribution in [3.05, 3.63) is 90.0 Å². The first-order valence-electron chi connectivity index (χ1n) is 7.87. The Morgan fingerprint density at radius 1 is 1.04 bits per heavy atom. The van der Waals surface area contributed by atoms with Gasteiger partial charge in [0.25, 0.3) is 5.91 Å². The maximum absolute atomic E-state index is 12.9. The Morgan fingerprint density at radius 2 is 1.75 bits per heavy atom. The highest BCUT2D eigenvalue weighted by molar-refractivity contribution is 5.94. The van der Waals surface area contributed by atoms with Crippen LogP contribution >= 0.6 is 0 Å². The van der Waals surface area contributed by atoms with Crippen molar-refractivity contribution in [3.63, 3.8) is 0 Å². The molecule has 0 radical (unpaired) electrons. The van der Waals surface area contributed by atoms with Crippen LogP contribution in [0, 0.1) is 5.82 Å². The lowest BCUT2D eigenvalue weighted by molar-refractivity contribution is 0.0796. The summed E-state index contributed by atoms with van der Waals surface area (Å²) in [6.07, 6.45) is 4.59. The average molecular weight is 322 g/mol. The second kappa shape index (κ2) is 7.13. The van der Waals surface area contributed by atoms with E-state index >= 15 is 0 Å². The van der Waals surface area contributed by atoms with Crippen LogP contribution < -0.4 is 0 Å². The quantitative estimate of drug-likeness (QED) is 0.699. The molecule has 0 aliphatic rings. The van der Waals surface area contributed by atoms with Gasteiger partial charge in [-0.1, -0.05) is 18.2 Å². The molecule has 3 rings (SSSR count). The molecule has 0 saturated heterocycles. The zero-order valence-electron chi connectivity index (χ0n) is 13.5. The topological polar surface area (TPSA) is 25.2 Å². The summed E-state index contributed by atoms with van der Waals surface area (Å²) in [5, 5.41) is 0. The van der Waals surface area contributed by atoms with Crippen LogP contribution in [0.5, 0.6) is 0 Å². The zero-order chi connectivity index (χ0) is 16.9. The highest BCUT2D eigenvalue weighted by Crippen LogP contribution is 2.13. The second-order valence-corrected chi connectivity index (χ2v) is 5.74. The molecular formula is C20H19FN2O. The number of carbonyl (C=O) groups is 1. The maximum Gasteiger partial charge on any atom is 0.253 e. The first kappa shape index (κ1) is 16.0. The summed E-state index contributed by atoms with van der Waals surface area (Å²) in [7, 11) is 1.79. The Hall–Kier alpha value is -2.88. The Balaban J connectivity index is 1.67. The van der Waals surface area contributed by atoms with Gasteiger partial charge in [0, 0.05) is 37.2 Å². The van der Waals surface area contributed by atoms with Crippen LogP contribution in [0.25, 0.3) is 5.69 Å². The predicted molar refractivity (Wildman–Crippen MR) is 92.8 cm³/mol. The monoisotopic (exact) mass is 322 g/mol. The standard InChI is InChI=1S/C20H19FN2O/c1-22(14-11-16-7-9-18(21)10-8-16)20(24)17-5-4-6-19(15-17)23-12-2-3-13-23/h2-10,12-13,15H,11,14H2,1H3. The van der Waals surface area contributed by atoms with Gasteiger partial charge >= 0.3 is 0 Å². The third kappa shape index (κ3) is 3.71. The van der Waals surface area contributed by atoms with Gasteiger partial charge in [-0.2, -0.15) is 0 Å². The highest BCUT2D eigenvalue weighted by Gasteiger charge is 2.12. The Bertz CT molecular complexity index is 810. The van der Waals surface area contributed by atoms with Gasteiger partial charge in [0.1, 0.15) is 5.82 Å². The lowest BCUT2D eigenvalue weighted by Gasteiger charge is -2.18. The minimum absolute atomic E-state index is 0.0221. The molecule has 0 saturated carbocycles. The molecule has 0 aliphatic carbocycles. The molecule has 4 heteroatoms. The fourth-order valence-corrected chi connectivity index (χ4v) is 2.58. The summed E-state index contributed by atoms with van der Waals surface area (Å²) in [6.45, 7) is 0.582. The molecule has 0 atom stereocenters. The Kier molecular flexibility index (Phi) is 4.75. The second-order valence-electron chi connectivity index (χ2n) is 5.74. The number of amides is 1. The van der Waals surface area contributed by atoms with E-state index in [1.54, 1.807) is 24.1 Å². The van der Waals surface area contributed by atoms with E-state index in [0.717, 1.165) is 11.3 Å². The average Bonchev–Trinajstić information content (AvgIpc) is 3.15. The van der Waals surface area contributed by atoms with Crippen molar-refractivity contribution < 1.29 is 9.18 Å². The fraction of sp³-hybridized carbons (Fsp3) is 0.150. The normalized spacial score (nSPS) is 10.6. The van der Waals surface area contributed by atoms with Gasteiger partial charge in [0.15, 0.2) is 0 Å². The van der Waals surface area contributed by atoms with E-state index in [9.17, 15) is 9.18 Å². The molecule has 0 unspecified atom stereocenters. The van der Waals surface area contributed by atoms with Crippen LogP contribution in [0.4, 0.5) is 4.39 Å². The van der Waals surface area contributed by atoms with Crippen LogP contribution in [-0.4, -0.2) is 29.0 Å². The highest BCUT2D eigenvalue weighted by atomic mass is 19.1. The smallest absolute Gasteiger partial charge is 0.253 e. The van der Waals surface area contributed by atoms with Crippen LogP contribution in [0.3, 0.4) is 0 Å². The summed E-state index contributed by atoms with van der Waals surface area (Å²) < 4.78 is 14.9. The van der Waals surface area contributed by atoms with Gasteiger partial charge in [-0.25, -0.2) is 4.39 Å². The van der Waals surface area contributed by atoms with Crippen molar-refractivity contribution >= 4 is 5.91 Å². The first-order valence-corrected chi connectivity index (χ1v) is 7.87. The van der Waals surface area contributed by atoms with Crippen molar-refractivity contribution in [2.75, 3.05) is 13.6 Å². The molecule has 2 aromatic carbocycles. The molecule has 0 bridgehead atoms. The fourth-order valence-electron chi connectivity index (χ4n) is 2.58. The third-order valence-corrected chi connectivity index (χ3v) is 3.99. The van der Waals surface area contributed by atoms with E-state index in [1.165, 1.54) is 12.1 Å². The number of halogens is 1. The molecule has 0 aliphatic heterocycles. The lowest BCUT2D eigenvalue weighted by atomic mass is 10.1. The predicted octanol–water partition coefficient (Wildman–Crippen LogP) is 3.93. The summed E-state index contributed by atoms with van der Waals surface area (Å²) >= 11 is 0. The first-order chi connectivity index (χ1) is 11.6. The number of likely N-dealkylation sites (N-methyl/N-ethyl adjacent to an activating group) is 1. The number of hydrogen-bond donors (Lipinski definition) is 0. The molecule has 3 aromatic rings. The molecule has 122 valence electrons. The number of nitrogens with zero attached hydrogens (tertiary/aromatic N) is 2.